The second kappa shape index (κ2) is 7.10. The van der Waals surface area contributed by atoms with Crippen molar-refractivity contribution in [2.45, 2.75) is 45.7 Å². The summed E-state index contributed by atoms with van der Waals surface area (Å²) < 4.78 is 0. The van der Waals surface area contributed by atoms with E-state index in [1.165, 1.54) is 6.42 Å². The lowest BCUT2D eigenvalue weighted by Crippen LogP contribution is -2.54. The Labute approximate surface area is 112 Å². The summed E-state index contributed by atoms with van der Waals surface area (Å²) in [6.45, 7) is 9.64. The SMILES string of the molecule is CCCNC1CCN(C(C)C(=O)N(C)C)CC1C. The molecule has 0 bridgehead atoms. The molecule has 1 saturated heterocycles. The summed E-state index contributed by atoms with van der Waals surface area (Å²) in [6.07, 6.45) is 2.33. The maximum atomic E-state index is 12.0. The summed E-state index contributed by atoms with van der Waals surface area (Å²) in [6, 6.07) is 0.623. The number of carbonyl (C=O) groups is 1. The van der Waals surface area contributed by atoms with E-state index < -0.39 is 0 Å². The summed E-state index contributed by atoms with van der Waals surface area (Å²) in [7, 11) is 3.66. The van der Waals surface area contributed by atoms with Gasteiger partial charge in [0.15, 0.2) is 0 Å². The molecule has 0 aromatic carbocycles. The van der Waals surface area contributed by atoms with Crippen molar-refractivity contribution in [1.29, 1.82) is 0 Å². The smallest absolute Gasteiger partial charge is 0.239 e. The van der Waals surface area contributed by atoms with Gasteiger partial charge in [-0.25, -0.2) is 0 Å². The second-order valence-corrected chi connectivity index (χ2v) is 5.73. The minimum Gasteiger partial charge on any atom is -0.347 e. The van der Waals surface area contributed by atoms with Crippen LogP contribution in [-0.2, 0) is 4.79 Å². The zero-order chi connectivity index (χ0) is 13.7. The van der Waals surface area contributed by atoms with Gasteiger partial charge in [-0.05, 0) is 32.2 Å². The molecule has 0 aromatic rings. The van der Waals surface area contributed by atoms with Gasteiger partial charge >= 0.3 is 0 Å². The lowest BCUT2D eigenvalue weighted by Gasteiger charge is -2.40. The van der Waals surface area contributed by atoms with Crippen molar-refractivity contribution < 1.29 is 4.79 Å². The van der Waals surface area contributed by atoms with Crippen molar-refractivity contribution in [3.8, 4) is 0 Å². The first-order chi connectivity index (χ1) is 8.47. The number of nitrogens with zero attached hydrogens (tertiary/aromatic N) is 2. The second-order valence-electron chi connectivity index (χ2n) is 5.73. The Morgan fingerprint density at radius 2 is 2.17 bits per heavy atom. The third-order valence-electron chi connectivity index (χ3n) is 3.94. The molecule has 18 heavy (non-hydrogen) atoms. The van der Waals surface area contributed by atoms with Crippen LogP contribution in [0.2, 0.25) is 0 Å². The molecule has 0 radical (unpaired) electrons. The molecule has 1 aliphatic rings. The molecule has 4 heteroatoms. The molecule has 0 aromatic heterocycles. The largest absolute Gasteiger partial charge is 0.347 e. The predicted molar refractivity (Wildman–Crippen MR) is 75.6 cm³/mol. The molecule has 3 unspecified atom stereocenters. The Bertz CT molecular complexity index is 268. The number of likely N-dealkylation sites (N-methyl/N-ethyl adjacent to an activating group) is 1. The van der Waals surface area contributed by atoms with E-state index in [0.717, 1.165) is 26.1 Å². The van der Waals surface area contributed by atoms with Gasteiger partial charge in [-0.1, -0.05) is 13.8 Å². The van der Waals surface area contributed by atoms with E-state index in [0.29, 0.717) is 12.0 Å². The van der Waals surface area contributed by atoms with Crippen LogP contribution in [0.15, 0.2) is 0 Å². The van der Waals surface area contributed by atoms with Crippen molar-refractivity contribution in [2.24, 2.45) is 5.92 Å². The average molecular weight is 255 g/mol. The maximum Gasteiger partial charge on any atom is 0.239 e. The fourth-order valence-corrected chi connectivity index (χ4v) is 2.69. The highest BCUT2D eigenvalue weighted by atomic mass is 16.2. The van der Waals surface area contributed by atoms with E-state index >= 15 is 0 Å². The lowest BCUT2D eigenvalue weighted by molar-refractivity contribution is -0.134. The van der Waals surface area contributed by atoms with Crippen molar-refractivity contribution in [3.63, 3.8) is 0 Å². The maximum absolute atomic E-state index is 12.0. The number of hydrogen-bond donors (Lipinski definition) is 1. The van der Waals surface area contributed by atoms with E-state index in [1.807, 2.05) is 21.0 Å². The van der Waals surface area contributed by atoms with Crippen LogP contribution in [-0.4, -0.2) is 61.5 Å². The first-order valence-electron chi connectivity index (χ1n) is 7.16. The van der Waals surface area contributed by atoms with Crippen molar-refractivity contribution in [3.05, 3.63) is 0 Å². The average Bonchev–Trinajstić information content (AvgIpc) is 2.35. The third-order valence-corrected chi connectivity index (χ3v) is 3.94. The number of nitrogens with one attached hydrogen (secondary N) is 1. The molecule has 1 N–H and O–H groups in total. The highest BCUT2D eigenvalue weighted by molar-refractivity contribution is 5.80. The topological polar surface area (TPSA) is 35.6 Å². The minimum absolute atomic E-state index is 0.00887. The van der Waals surface area contributed by atoms with E-state index in [1.54, 1.807) is 4.90 Å². The molecule has 0 saturated carbocycles. The quantitative estimate of drug-likeness (QED) is 0.801. The Balaban J connectivity index is 2.47. The molecule has 4 nitrogen and oxygen atoms in total. The van der Waals surface area contributed by atoms with Crippen LogP contribution >= 0.6 is 0 Å². The molecule has 1 aliphatic heterocycles. The Morgan fingerprint density at radius 1 is 1.50 bits per heavy atom. The normalized spacial score (nSPS) is 26.9. The van der Waals surface area contributed by atoms with Crippen LogP contribution < -0.4 is 5.32 Å². The van der Waals surface area contributed by atoms with Gasteiger partial charge < -0.3 is 10.2 Å². The fourth-order valence-electron chi connectivity index (χ4n) is 2.69. The van der Waals surface area contributed by atoms with Crippen LogP contribution in [0.25, 0.3) is 0 Å². The van der Waals surface area contributed by atoms with Gasteiger partial charge in [0, 0.05) is 33.2 Å². The highest BCUT2D eigenvalue weighted by Crippen LogP contribution is 2.19. The van der Waals surface area contributed by atoms with Crippen LogP contribution in [0.5, 0.6) is 0 Å². The molecule has 3 atom stereocenters. The number of piperidine rings is 1. The first kappa shape index (κ1) is 15.4. The predicted octanol–water partition coefficient (Wildman–Crippen LogP) is 1.17. The molecule has 0 spiro atoms. The molecule has 1 fully saturated rings. The van der Waals surface area contributed by atoms with Crippen LogP contribution in [0.3, 0.4) is 0 Å². The summed E-state index contributed by atoms with van der Waals surface area (Å²) in [4.78, 5) is 16.0. The summed E-state index contributed by atoms with van der Waals surface area (Å²) in [5.74, 6) is 0.824. The van der Waals surface area contributed by atoms with Gasteiger partial charge in [0.25, 0.3) is 0 Å². The summed E-state index contributed by atoms with van der Waals surface area (Å²) >= 11 is 0. The molecular weight excluding hydrogens is 226 g/mol. The van der Waals surface area contributed by atoms with E-state index in [4.69, 9.17) is 0 Å². The number of amides is 1. The van der Waals surface area contributed by atoms with Gasteiger partial charge in [-0.2, -0.15) is 0 Å². The van der Waals surface area contributed by atoms with Crippen LogP contribution in [0, 0.1) is 5.92 Å². The number of carbonyl (C=O) groups excluding carboxylic acids is 1. The molecule has 1 rings (SSSR count). The number of likely N-dealkylation sites (tertiary alicyclic amines) is 1. The van der Waals surface area contributed by atoms with Gasteiger partial charge in [-0.15, -0.1) is 0 Å². The standard InChI is InChI=1S/C14H29N3O/c1-6-8-15-13-7-9-17(10-11(13)2)12(3)14(18)16(4)5/h11-13,15H,6-10H2,1-5H3. The molecule has 0 aliphatic carbocycles. The first-order valence-corrected chi connectivity index (χ1v) is 7.16. The third kappa shape index (κ3) is 3.95. The van der Waals surface area contributed by atoms with Gasteiger partial charge in [-0.3, -0.25) is 9.69 Å². The minimum atomic E-state index is 0.00887. The summed E-state index contributed by atoms with van der Waals surface area (Å²) in [5.41, 5.74) is 0. The van der Waals surface area contributed by atoms with E-state index in [2.05, 4.69) is 24.1 Å². The van der Waals surface area contributed by atoms with Crippen LogP contribution in [0.1, 0.15) is 33.6 Å². The monoisotopic (exact) mass is 255 g/mol. The Hall–Kier alpha value is -0.610. The number of rotatable bonds is 5. The molecule has 1 amide bonds. The van der Waals surface area contributed by atoms with Gasteiger partial charge in [0.1, 0.15) is 0 Å². The van der Waals surface area contributed by atoms with Crippen molar-refractivity contribution in [2.75, 3.05) is 33.7 Å². The highest BCUT2D eigenvalue weighted by Gasteiger charge is 2.31. The van der Waals surface area contributed by atoms with Crippen molar-refractivity contribution >= 4 is 5.91 Å². The van der Waals surface area contributed by atoms with Gasteiger partial charge in [0.05, 0.1) is 6.04 Å². The van der Waals surface area contributed by atoms with E-state index in [-0.39, 0.29) is 11.9 Å². The zero-order valence-electron chi connectivity index (χ0n) is 12.6. The molecule has 106 valence electrons. The molecular formula is C14H29N3O. The van der Waals surface area contributed by atoms with Gasteiger partial charge in [0.2, 0.25) is 5.91 Å². The Morgan fingerprint density at radius 3 is 2.67 bits per heavy atom. The fraction of sp³-hybridized carbons (Fsp3) is 0.929. The lowest BCUT2D eigenvalue weighted by atomic mass is 9.92. The molecule has 1 heterocycles. The van der Waals surface area contributed by atoms with E-state index in [9.17, 15) is 4.79 Å². The number of hydrogen-bond acceptors (Lipinski definition) is 3. The van der Waals surface area contributed by atoms with Crippen molar-refractivity contribution in [1.82, 2.24) is 15.1 Å². The Kier molecular flexibility index (Phi) is 6.09. The summed E-state index contributed by atoms with van der Waals surface area (Å²) in [5, 5.41) is 3.61. The van der Waals surface area contributed by atoms with Crippen LogP contribution in [0.4, 0.5) is 0 Å². The zero-order valence-corrected chi connectivity index (χ0v) is 12.6.